The Bertz CT molecular complexity index is 459. The molecule has 1 aromatic carbocycles. The van der Waals surface area contributed by atoms with E-state index in [1.165, 1.54) is 0 Å². The fourth-order valence-electron chi connectivity index (χ4n) is 2.24. The number of nitrogens with zero attached hydrogens (tertiary/aromatic N) is 1. The number of ether oxygens (including phenoxy) is 1. The van der Waals surface area contributed by atoms with Gasteiger partial charge in [0, 0.05) is 18.6 Å². The number of nitrogens with one attached hydrogen (secondary N) is 2. The lowest BCUT2D eigenvalue weighted by Crippen LogP contribution is -2.43. The molecule has 96 valence electrons. The standard InChI is InChI=1S/C14H19N3O/c1-14(5-6-16-10-14)17-9-11-3-4-13(18-2)12(7-11)8-15/h3-4,7,16-17H,5-6,9-10H2,1-2H3. The lowest BCUT2D eigenvalue weighted by molar-refractivity contribution is 0.385. The molecule has 1 heterocycles. The lowest BCUT2D eigenvalue weighted by atomic mass is 10.0. The summed E-state index contributed by atoms with van der Waals surface area (Å²) in [6.07, 6.45) is 1.13. The Labute approximate surface area is 108 Å². The van der Waals surface area contributed by atoms with Gasteiger partial charge in [0.2, 0.25) is 0 Å². The highest BCUT2D eigenvalue weighted by Crippen LogP contribution is 2.20. The zero-order valence-corrected chi connectivity index (χ0v) is 10.9. The first-order valence-electron chi connectivity index (χ1n) is 6.20. The topological polar surface area (TPSA) is 57.1 Å². The molecule has 0 aromatic heterocycles. The summed E-state index contributed by atoms with van der Waals surface area (Å²) in [4.78, 5) is 0. The maximum Gasteiger partial charge on any atom is 0.136 e. The van der Waals surface area contributed by atoms with Gasteiger partial charge in [-0.1, -0.05) is 6.07 Å². The van der Waals surface area contributed by atoms with E-state index < -0.39 is 0 Å². The molecule has 2 rings (SSSR count). The van der Waals surface area contributed by atoms with Crippen LogP contribution in [0.5, 0.6) is 5.75 Å². The van der Waals surface area contributed by atoms with E-state index in [4.69, 9.17) is 10.00 Å². The van der Waals surface area contributed by atoms with Gasteiger partial charge in [-0.2, -0.15) is 5.26 Å². The van der Waals surface area contributed by atoms with Crippen molar-refractivity contribution in [3.8, 4) is 11.8 Å². The van der Waals surface area contributed by atoms with Crippen molar-refractivity contribution in [3.05, 3.63) is 29.3 Å². The zero-order valence-electron chi connectivity index (χ0n) is 10.9. The van der Waals surface area contributed by atoms with Crippen LogP contribution in [0.2, 0.25) is 0 Å². The molecule has 0 radical (unpaired) electrons. The van der Waals surface area contributed by atoms with Crippen LogP contribution in [0.15, 0.2) is 18.2 Å². The van der Waals surface area contributed by atoms with Crippen LogP contribution in [0.3, 0.4) is 0 Å². The Morgan fingerprint density at radius 2 is 2.39 bits per heavy atom. The number of nitriles is 1. The molecule has 4 heteroatoms. The minimum absolute atomic E-state index is 0.159. The van der Waals surface area contributed by atoms with Crippen molar-refractivity contribution >= 4 is 0 Å². The van der Waals surface area contributed by atoms with E-state index in [1.807, 2.05) is 18.2 Å². The normalized spacial score (nSPS) is 22.7. The number of methoxy groups -OCH3 is 1. The molecule has 0 aliphatic carbocycles. The number of hydrogen-bond donors (Lipinski definition) is 2. The van der Waals surface area contributed by atoms with Gasteiger partial charge in [-0.3, -0.25) is 0 Å². The molecule has 1 saturated heterocycles. The highest BCUT2D eigenvalue weighted by Gasteiger charge is 2.27. The van der Waals surface area contributed by atoms with Crippen molar-refractivity contribution in [1.29, 1.82) is 5.26 Å². The van der Waals surface area contributed by atoms with Gasteiger partial charge in [-0.15, -0.1) is 0 Å². The largest absolute Gasteiger partial charge is 0.495 e. The molecule has 1 aliphatic heterocycles. The van der Waals surface area contributed by atoms with E-state index in [0.29, 0.717) is 11.3 Å². The van der Waals surface area contributed by atoms with Gasteiger partial charge < -0.3 is 15.4 Å². The summed E-state index contributed by atoms with van der Waals surface area (Å²) in [6.45, 7) is 5.06. The van der Waals surface area contributed by atoms with Crippen molar-refractivity contribution in [2.45, 2.75) is 25.4 Å². The predicted octanol–water partition coefficient (Wildman–Crippen LogP) is 1.41. The molecule has 0 bridgehead atoms. The van der Waals surface area contributed by atoms with Crippen LogP contribution >= 0.6 is 0 Å². The third kappa shape index (κ3) is 2.81. The van der Waals surface area contributed by atoms with Gasteiger partial charge in [-0.05, 0) is 37.6 Å². The van der Waals surface area contributed by atoms with Crippen LogP contribution in [-0.4, -0.2) is 25.7 Å². The Morgan fingerprint density at radius 1 is 1.56 bits per heavy atom. The third-order valence-electron chi connectivity index (χ3n) is 3.47. The molecule has 1 aliphatic rings. The minimum atomic E-state index is 0.159. The zero-order chi connectivity index (χ0) is 13.0. The van der Waals surface area contributed by atoms with Crippen molar-refractivity contribution in [1.82, 2.24) is 10.6 Å². The van der Waals surface area contributed by atoms with Crippen LogP contribution in [0.4, 0.5) is 0 Å². The van der Waals surface area contributed by atoms with Crippen LogP contribution in [-0.2, 0) is 6.54 Å². The average molecular weight is 245 g/mol. The van der Waals surface area contributed by atoms with Crippen LogP contribution in [0.25, 0.3) is 0 Å². The Hall–Kier alpha value is -1.57. The molecule has 18 heavy (non-hydrogen) atoms. The fourth-order valence-corrected chi connectivity index (χ4v) is 2.24. The first kappa shape index (κ1) is 12.9. The van der Waals surface area contributed by atoms with E-state index in [-0.39, 0.29) is 5.54 Å². The van der Waals surface area contributed by atoms with E-state index >= 15 is 0 Å². The van der Waals surface area contributed by atoms with Crippen LogP contribution in [0, 0.1) is 11.3 Å². The van der Waals surface area contributed by atoms with Crippen LogP contribution in [0.1, 0.15) is 24.5 Å². The highest BCUT2D eigenvalue weighted by molar-refractivity contribution is 5.45. The van der Waals surface area contributed by atoms with Gasteiger partial charge in [-0.25, -0.2) is 0 Å². The fraction of sp³-hybridized carbons (Fsp3) is 0.500. The number of rotatable bonds is 4. The van der Waals surface area contributed by atoms with Crippen molar-refractivity contribution in [3.63, 3.8) is 0 Å². The Morgan fingerprint density at radius 3 is 3.00 bits per heavy atom. The summed E-state index contributed by atoms with van der Waals surface area (Å²) in [6, 6.07) is 7.90. The van der Waals surface area contributed by atoms with Crippen molar-refractivity contribution < 1.29 is 4.74 Å². The summed E-state index contributed by atoms with van der Waals surface area (Å²) in [5.41, 5.74) is 1.86. The second kappa shape index (κ2) is 5.38. The summed E-state index contributed by atoms with van der Waals surface area (Å²) < 4.78 is 5.14. The molecule has 1 fully saturated rings. The smallest absolute Gasteiger partial charge is 0.136 e. The molecule has 1 unspecified atom stereocenters. The summed E-state index contributed by atoms with van der Waals surface area (Å²) >= 11 is 0. The van der Waals surface area contributed by atoms with E-state index in [9.17, 15) is 0 Å². The van der Waals surface area contributed by atoms with Gasteiger partial charge >= 0.3 is 0 Å². The first-order chi connectivity index (χ1) is 8.67. The van der Waals surface area contributed by atoms with E-state index in [2.05, 4.69) is 23.6 Å². The van der Waals surface area contributed by atoms with Gasteiger partial charge in [0.15, 0.2) is 0 Å². The van der Waals surface area contributed by atoms with Crippen LogP contribution < -0.4 is 15.4 Å². The average Bonchev–Trinajstić information content (AvgIpc) is 2.83. The molecular formula is C14H19N3O. The molecule has 0 saturated carbocycles. The third-order valence-corrected chi connectivity index (χ3v) is 3.47. The second-order valence-corrected chi connectivity index (χ2v) is 4.99. The monoisotopic (exact) mass is 245 g/mol. The lowest BCUT2D eigenvalue weighted by Gasteiger charge is -2.24. The molecule has 0 spiro atoms. The SMILES string of the molecule is COc1ccc(CNC2(C)CCNC2)cc1C#N. The van der Waals surface area contributed by atoms with Gasteiger partial charge in [0.25, 0.3) is 0 Å². The van der Waals surface area contributed by atoms with Gasteiger partial charge in [0.05, 0.1) is 12.7 Å². The van der Waals surface area contributed by atoms with Crippen molar-refractivity contribution in [2.24, 2.45) is 0 Å². The molecule has 0 amide bonds. The summed E-state index contributed by atoms with van der Waals surface area (Å²) in [5.74, 6) is 0.634. The van der Waals surface area contributed by atoms with E-state index in [0.717, 1.165) is 31.6 Å². The molecule has 2 N–H and O–H groups in total. The van der Waals surface area contributed by atoms with Gasteiger partial charge in [0.1, 0.15) is 11.8 Å². The Kier molecular flexibility index (Phi) is 3.85. The summed E-state index contributed by atoms with van der Waals surface area (Å²) in [5, 5.41) is 15.9. The highest BCUT2D eigenvalue weighted by atomic mass is 16.5. The second-order valence-electron chi connectivity index (χ2n) is 4.99. The minimum Gasteiger partial charge on any atom is -0.495 e. The number of hydrogen-bond acceptors (Lipinski definition) is 4. The first-order valence-corrected chi connectivity index (χ1v) is 6.20. The molecule has 1 aromatic rings. The molecule has 4 nitrogen and oxygen atoms in total. The molecule has 1 atom stereocenters. The number of benzene rings is 1. The van der Waals surface area contributed by atoms with E-state index in [1.54, 1.807) is 7.11 Å². The summed E-state index contributed by atoms with van der Waals surface area (Å²) in [7, 11) is 1.58. The van der Waals surface area contributed by atoms with Crippen molar-refractivity contribution in [2.75, 3.05) is 20.2 Å². The Balaban J connectivity index is 2.04. The maximum atomic E-state index is 9.04. The molecular weight excluding hydrogens is 226 g/mol. The predicted molar refractivity (Wildman–Crippen MR) is 70.4 cm³/mol. The maximum absolute atomic E-state index is 9.04. The quantitative estimate of drug-likeness (QED) is 0.842.